The van der Waals surface area contributed by atoms with Gasteiger partial charge < -0.3 is 9.67 Å². The molecule has 0 bridgehead atoms. The summed E-state index contributed by atoms with van der Waals surface area (Å²) in [7, 11) is 0. The summed E-state index contributed by atoms with van der Waals surface area (Å²) in [5.74, 6) is 0. The lowest BCUT2D eigenvalue weighted by molar-refractivity contribution is 0.188. The van der Waals surface area contributed by atoms with Gasteiger partial charge in [-0.3, -0.25) is 0 Å². The normalized spacial score (nSPS) is 13.6. The fourth-order valence-electron chi connectivity index (χ4n) is 2.13. The fraction of sp³-hybridized carbons (Fsp3) is 0.385. The summed E-state index contributed by atoms with van der Waals surface area (Å²) < 4.78 is 2.15. The molecule has 0 saturated carbocycles. The van der Waals surface area contributed by atoms with Crippen molar-refractivity contribution in [3.63, 3.8) is 0 Å². The number of aliphatic hydroxyl groups is 1. The molecule has 1 aromatic heterocycles. The molecule has 0 saturated heterocycles. The molecule has 16 heavy (non-hydrogen) atoms. The van der Waals surface area contributed by atoms with E-state index in [9.17, 15) is 5.11 Å². The molecule has 1 N–H and O–H groups in total. The first-order chi connectivity index (χ1) is 7.50. The Morgan fingerprint density at radius 1 is 1.19 bits per heavy atom. The minimum atomic E-state index is -0.464. The van der Waals surface area contributed by atoms with Crippen LogP contribution in [0.4, 0.5) is 0 Å². The SMILES string of the molecule is CC(O)c1cc2cc(Cl)ccc2n1C(C)C. The van der Waals surface area contributed by atoms with Crippen molar-refractivity contribution in [2.24, 2.45) is 0 Å². The molecule has 1 unspecified atom stereocenters. The second-order valence-electron chi connectivity index (χ2n) is 4.41. The maximum atomic E-state index is 9.77. The quantitative estimate of drug-likeness (QED) is 0.841. The minimum absolute atomic E-state index is 0.322. The summed E-state index contributed by atoms with van der Waals surface area (Å²) >= 11 is 5.97. The highest BCUT2D eigenvalue weighted by molar-refractivity contribution is 6.31. The Labute approximate surface area is 100 Å². The van der Waals surface area contributed by atoms with E-state index in [-0.39, 0.29) is 0 Å². The molecule has 0 amide bonds. The van der Waals surface area contributed by atoms with Gasteiger partial charge in [-0.15, -0.1) is 0 Å². The van der Waals surface area contributed by atoms with Crippen LogP contribution in [0.1, 0.15) is 38.6 Å². The van der Waals surface area contributed by atoms with Crippen molar-refractivity contribution in [3.05, 3.63) is 35.0 Å². The number of aromatic nitrogens is 1. The van der Waals surface area contributed by atoms with E-state index in [0.29, 0.717) is 6.04 Å². The third kappa shape index (κ3) is 1.83. The van der Waals surface area contributed by atoms with Gasteiger partial charge in [0.1, 0.15) is 0 Å². The number of benzene rings is 1. The van der Waals surface area contributed by atoms with Gasteiger partial charge in [-0.25, -0.2) is 0 Å². The maximum Gasteiger partial charge on any atom is 0.0912 e. The van der Waals surface area contributed by atoms with Crippen LogP contribution in [0, 0.1) is 0 Å². The van der Waals surface area contributed by atoms with Crippen LogP contribution in [0.25, 0.3) is 10.9 Å². The molecule has 86 valence electrons. The van der Waals surface area contributed by atoms with E-state index < -0.39 is 6.10 Å². The Bertz CT molecular complexity index is 514. The lowest BCUT2D eigenvalue weighted by atomic mass is 10.2. The summed E-state index contributed by atoms with van der Waals surface area (Å²) in [4.78, 5) is 0. The summed E-state index contributed by atoms with van der Waals surface area (Å²) in [5.41, 5.74) is 2.06. The van der Waals surface area contributed by atoms with Crippen molar-refractivity contribution in [1.82, 2.24) is 4.57 Å². The van der Waals surface area contributed by atoms with E-state index in [2.05, 4.69) is 18.4 Å². The molecular weight excluding hydrogens is 222 g/mol. The van der Waals surface area contributed by atoms with Crippen molar-refractivity contribution in [1.29, 1.82) is 0 Å². The first-order valence-electron chi connectivity index (χ1n) is 5.49. The number of fused-ring (bicyclic) bond motifs is 1. The molecule has 0 aliphatic heterocycles. The van der Waals surface area contributed by atoms with Gasteiger partial charge in [0.2, 0.25) is 0 Å². The van der Waals surface area contributed by atoms with Gasteiger partial charge in [-0.2, -0.15) is 0 Å². The topological polar surface area (TPSA) is 25.2 Å². The lowest BCUT2D eigenvalue weighted by Gasteiger charge is -2.16. The summed E-state index contributed by atoms with van der Waals surface area (Å²) in [5, 5.41) is 11.6. The van der Waals surface area contributed by atoms with Crippen LogP contribution in [0.15, 0.2) is 24.3 Å². The number of halogens is 1. The van der Waals surface area contributed by atoms with E-state index in [0.717, 1.165) is 21.6 Å². The van der Waals surface area contributed by atoms with Gasteiger partial charge in [0, 0.05) is 27.7 Å². The highest BCUT2D eigenvalue weighted by Gasteiger charge is 2.14. The third-order valence-electron chi connectivity index (χ3n) is 2.78. The lowest BCUT2D eigenvalue weighted by Crippen LogP contribution is -2.07. The molecule has 1 aromatic carbocycles. The molecule has 1 heterocycles. The molecule has 3 heteroatoms. The second kappa shape index (κ2) is 4.11. The molecule has 1 atom stereocenters. The predicted molar refractivity (Wildman–Crippen MR) is 68.0 cm³/mol. The van der Waals surface area contributed by atoms with Gasteiger partial charge in [0.05, 0.1) is 6.10 Å². The maximum absolute atomic E-state index is 9.77. The summed E-state index contributed by atoms with van der Waals surface area (Å²) in [6.07, 6.45) is -0.464. The Hall–Kier alpha value is -0.990. The van der Waals surface area contributed by atoms with Crippen LogP contribution in [0.2, 0.25) is 5.02 Å². The number of nitrogens with zero attached hydrogens (tertiary/aromatic N) is 1. The van der Waals surface area contributed by atoms with Crippen molar-refractivity contribution in [3.8, 4) is 0 Å². The molecule has 2 aromatic rings. The summed E-state index contributed by atoms with van der Waals surface area (Å²) in [6, 6.07) is 8.15. The Balaban J connectivity index is 2.75. The highest BCUT2D eigenvalue weighted by atomic mass is 35.5. The zero-order valence-corrected chi connectivity index (χ0v) is 10.5. The zero-order valence-electron chi connectivity index (χ0n) is 9.74. The monoisotopic (exact) mass is 237 g/mol. The van der Waals surface area contributed by atoms with Crippen LogP contribution < -0.4 is 0 Å². The van der Waals surface area contributed by atoms with Crippen molar-refractivity contribution >= 4 is 22.5 Å². The van der Waals surface area contributed by atoms with Crippen molar-refractivity contribution in [2.45, 2.75) is 32.9 Å². The molecule has 0 aliphatic rings. The Morgan fingerprint density at radius 2 is 1.88 bits per heavy atom. The molecule has 0 spiro atoms. The largest absolute Gasteiger partial charge is 0.387 e. The average Bonchev–Trinajstić information content (AvgIpc) is 2.55. The van der Waals surface area contributed by atoms with Gasteiger partial charge in [-0.05, 0) is 45.0 Å². The van der Waals surface area contributed by atoms with Crippen molar-refractivity contribution < 1.29 is 5.11 Å². The zero-order chi connectivity index (χ0) is 11.9. The van der Waals surface area contributed by atoms with E-state index in [1.165, 1.54) is 0 Å². The van der Waals surface area contributed by atoms with Crippen LogP contribution in [-0.2, 0) is 0 Å². The third-order valence-corrected chi connectivity index (χ3v) is 3.01. The smallest absolute Gasteiger partial charge is 0.0912 e. The molecular formula is C13H16ClNO. The van der Waals surface area contributed by atoms with Crippen molar-refractivity contribution in [2.75, 3.05) is 0 Å². The minimum Gasteiger partial charge on any atom is -0.387 e. The standard InChI is InChI=1S/C13H16ClNO/c1-8(2)15-12-5-4-11(14)6-10(12)7-13(15)9(3)16/h4-9,16H,1-3H3. The van der Waals surface area contributed by atoms with Gasteiger partial charge >= 0.3 is 0 Å². The second-order valence-corrected chi connectivity index (χ2v) is 4.85. The molecule has 0 aliphatic carbocycles. The molecule has 0 fully saturated rings. The predicted octanol–water partition coefficient (Wildman–Crippen LogP) is 3.93. The highest BCUT2D eigenvalue weighted by Crippen LogP contribution is 2.29. The van der Waals surface area contributed by atoms with E-state index >= 15 is 0 Å². The Morgan fingerprint density at radius 3 is 2.44 bits per heavy atom. The van der Waals surface area contributed by atoms with Crippen LogP contribution >= 0.6 is 11.6 Å². The molecule has 2 nitrogen and oxygen atoms in total. The van der Waals surface area contributed by atoms with Crippen LogP contribution in [-0.4, -0.2) is 9.67 Å². The number of aliphatic hydroxyl groups excluding tert-OH is 1. The van der Waals surface area contributed by atoms with Gasteiger partial charge in [-0.1, -0.05) is 11.6 Å². The van der Waals surface area contributed by atoms with Crippen LogP contribution in [0.3, 0.4) is 0 Å². The van der Waals surface area contributed by atoms with Gasteiger partial charge in [0.15, 0.2) is 0 Å². The number of hydrogen-bond donors (Lipinski definition) is 1. The first-order valence-corrected chi connectivity index (χ1v) is 5.87. The van der Waals surface area contributed by atoms with E-state index in [1.54, 1.807) is 6.92 Å². The Kier molecular flexibility index (Phi) is 2.96. The fourth-order valence-corrected chi connectivity index (χ4v) is 2.31. The molecule has 0 radical (unpaired) electrons. The average molecular weight is 238 g/mol. The number of rotatable bonds is 2. The number of hydrogen-bond acceptors (Lipinski definition) is 1. The van der Waals surface area contributed by atoms with E-state index in [4.69, 9.17) is 11.6 Å². The first kappa shape index (κ1) is 11.5. The van der Waals surface area contributed by atoms with Gasteiger partial charge in [0.25, 0.3) is 0 Å². The summed E-state index contributed by atoms with van der Waals surface area (Å²) in [6.45, 7) is 6.01. The van der Waals surface area contributed by atoms with Crippen LogP contribution in [0.5, 0.6) is 0 Å². The molecule has 2 rings (SSSR count). The van der Waals surface area contributed by atoms with E-state index in [1.807, 2.05) is 24.3 Å².